The van der Waals surface area contributed by atoms with Gasteiger partial charge in [0, 0.05) is 36.6 Å². The highest BCUT2D eigenvalue weighted by Crippen LogP contribution is 2.25. The Labute approximate surface area is 118 Å². The largest absolute Gasteiger partial charge is 0.388 e. The van der Waals surface area contributed by atoms with Gasteiger partial charge in [-0.05, 0) is 25.5 Å². The Morgan fingerprint density at radius 1 is 1.42 bits per heavy atom. The summed E-state index contributed by atoms with van der Waals surface area (Å²) < 4.78 is 1.93. The summed E-state index contributed by atoms with van der Waals surface area (Å²) in [5.41, 5.74) is 2.78. The number of hydrogen-bond acceptors (Lipinski definition) is 3. The zero-order valence-corrected chi connectivity index (χ0v) is 11.9. The molecule has 2 heterocycles. The topological polar surface area (TPSA) is 50.9 Å². The molecule has 0 aliphatic heterocycles. The molecule has 0 saturated heterocycles. The van der Waals surface area contributed by atoms with Gasteiger partial charge in [-0.25, -0.2) is 0 Å². The Bertz CT molecular complexity index is 553. The van der Waals surface area contributed by atoms with Crippen LogP contribution in [0.2, 0.25) is 5.02 Å². The summed E-state index contributed by atoms with van der Waals surface area (Å²) in [6.07, 6.45) is 3.95. The molecule has 0 bridgehead atoms. The molecular formula is C14H18ClN3O. The predicted octanol–water partition coefficient (Wildman–Crippen LogP) is 2.79. The van der Waals surface area contributed by atoms with Gasteiger partial charge in [0.1, 0.15) is 0 Å². The van der Waals surface area contributed by atoms with E-state index in [1.165, 1.54) is 0 Å². The van der Waals surface area contributed by atoms with Crippen molar-refractivity contribution < 1.29 is 5.11 Å². The summed E-state index contributed by atoms with van der Waals surface area (Å²) in [7, 11) is 0. The number of pyridine rings is 1. The van der Waals surface area contributed by atoms with Gasteiger partial charge in [-0.1, -0.05) is 18.5 Å². The van der Waals surface area contributed by atoms with Crippen LogP contribution in [0.4, 0.5) is 0 Å². The SMILES string of the molecule is CCc1cc(CC(O)c2ccncc2Cl)n(CC)n1. The lowest BCUT2D eigenvalue weighted by molar-refractivity contribution is 0.175. The fourth-order valence-corrected chi connectivity index (χ4v) is 2.34. The number of aliphatic hydroxyl groups is 1. The van der Waals surface area contributed by atoms with E-state index < -0.39 is 6.10 Å². The molecular weight excluding hydrogens is 262 g/mol. The van der Waals surface area contributed by atoms with E-state index in [0.29, 0.717) is 17.0 Å². The van der Waals surface area contributed by atoms with E-state index in [1.807, 2.05) is 17.7 Å². The molecule has 0 spiro atoms. The van der Waals surface area contributed by atoms with Crippen LogP contribution in [0.15, 0.2) is 24.5 Å². The van der Waals surface area contributed by atoms with Crippen molar-refractivity contribution in [1.29, 1.82) is 0 Å². The summed E-state index contributed by atoms with van der Waals surface area (Å²) in [6.45, 7) is 4.91. The van der Waals surface area contributed by atoms with Gasteiger partial charge in [0.2, 0.25) is 0 Å². The summed E-state index contributed by atoms with van der Waals surface area (Å²) in [5, 5.41) is 15.3. The summed E-state index contributed by atoms with van der Waals surface area (Å²) >= 11 is 6.05. The second kappa shape index (κ2) is 6.17. The smallest absolute Gasteiger partial charge is 0.0860 e. The van der Waals surface area contributed by atoms with Crippen LogP contribution in [0.5, 0.6) is 0 Å². The number of hydrogen-bond donors (Lipinski definition) is 1. The van der Waals surface area contributed by atoms with Crippen molar-refractivity contribution in [2.24, 2.45) is 0 Å². The van der Waals surface area contributed by atoms with E-state index in [1.54, 1.807) is 18.5 Å². The second-order valence-electron chi connectivity index (χ2n) is 4.41. The predicted molar refractivity (Wildman–Crippen MR) is 75.2 cm³/mol. The first-order chi connectivity index (χ1) is 9.15. The fourth-order valence-electron chi connectivity index (χ4n) is 2.09. The summed E-state index contributed by atoms with van der Waals surface area (Å²) in [6, 6.07) is 3.79. The van der Waals surface area contributed by atoms with Crippen LogP contribution < -0.4 is 0 Å². The molecule has 2 aromatic rings. The van der Waals surface area contributed by atoms with Crippen LogP contribution in [-0.4, -0.2) is 19.9 Å². The fraction of sp³-hybridized carbons (Fsp3) is 0.429. The first-order valence-corrected chi connectivity index (χ1v) is 6.86. The molecule has 19 heavy (non-hydrogen) atoms. The van der Waals surface area contributed by atoms with Gasteiger partial charge in [0.25, 0.3) is 0 Å². The van der Waals surface area contributed by atoms with E-state index >= 15 is 0 Å². The quantitative estimate of drug-likeness (QED) is 0.916. The molecule has 0 aromatic carbocycles. The molecule has 0 amide bonds. The van der Waals surface area contributed by atoms with Gasteiger partial charge in [0.05, 0.1) is 16.8 Å². The van der Waals surface area contributed by atoms with Crippen molar-refractivity contribution in [2.75, 3.05) is 0 Å². The minimum atomic E-state index is -0.637. The van der Waals surface area contributed by atoms with Crippen molar-refractivity contribution >= 4 is 11.6 Å². The Kier molecular flexibility index (Phi) is 4.56. The molecule has 1 unspecified atom stereocenters. The van der Waals surface area contributed by atoms with Gasteiger partial charge < -0.3 is 5.11 Å². The lowest BCUT2D eigenvalue weighted by Gasteiger charge is -2.13. The number of aryl methyl sites for hydroxylation is 2. The number of rotatable bonds is 5. The van der Waals surface area contributed by atoms with Gasteiger partial charge in [0.15, 0.2) is 0 Å². The lowest BCUT2D eigenvalue weighted by atomic mass is 10.1. The molecule has 0 aliphatic rings. The van der Waals surface area contributed by atoms with Crippen molar-refractivity contribution in [2.45, 2.75) is 39.3 Å². The molecule has 1 N–H and O–H groups in total. The zero-order valence-electron chi connectivity index (χ0n) is 11.2. The Morgan fingerprint density at radius 2 is 2.21 bits per heavy atom. The molecule has 0 radical (unpaired) electrons. The standard InChI is InChI=1S/C14H18ClN3O/c1-3-10-7-11(18(4-2)17-10)8-14(19)12-5-6-16-9-13(12)15/h5-7,9,14,19H,3-4,8H2,1-2H3. The van der Waals surface area contributed by atoms with Gasteiger partial charge in [-0.15, -0.1) is 0 Å². The van der Waals surface area contributed by atoms with Crippen LogP contribution in [0, 0.1) is 0 Å². The number of aromatic nitrogens is 3. The molecule has 102 valence electrons. The first kappa shape index (κ1) is 14.0. The monoisotopic (exact) mass is 279 g/mol. The van der Waals surface area contributed by atoms with Crippen molar-refractivity contribution in [3.05, 3.63) is 46.5 Å². The minimum Gasteiger partial charge on any atom is -0.388 e. The van der Waals surface area contributed by atoms with Crippen LogP contribution in [0.1, 0.15) is 36.9 Å². The normalized spacial score (nSPS) is 12.6. The van der Waals surface area contributed by atoms with Gasteiger partial charge in [-0.2, -0.15) is 5.10 Å². The molecule has 2 aromatic heterocycles. The van der Waals surface area contributed by atoms with Crippen LogP contribution in [0.3, 0.4) is 0 Å². The van der Waals surface area contributed by atoms with E-state index in [9.17, 15) is 5.11 Å². The lowest BCUT2D eigenvalue weighted by Crippen LogP contribution is -2.09. The number of aliphatic hydroxyl groups excluding tert-OH is 1. The van der Waals surface area contributed by atoms with Crippen molar-refractivity contribution in [3.63, 3.8) is 0 Å². The van der Waals surface area contributed by atoms with Crippen molar-refractivity contribution in [1.82, 2.24) is 14.8 Å². The average molecular weight is 280 g/mol. The second-order valence-corrected chi connectivity index (χ2v) is 4.82. The number of halogens is 1. The Hall–Kier alpha value is -1.39. The third-order valence-corrected chi connectivity index (χ3v) is 3.46. The van der Waals surface area contributed by atoms with E-state index in [4.69, 9.17) is 11.6 Å². The average Bonchev–Trinajstić information content (AvgIpc) is 2.81. The molecule has 0 aliphatic carbocycles. The van der Waals surface area contributed by atoms with Gasteiger partial charge in [-0.3, -0.25) is 9.67 Å². The highest BCUT2D eigenvalue weighted by molar-refractivity contribution is 6.31. The molecule has 1 atom stereocenters. The van der Waals surface area contributed by atoms with Crippen molar-refractivity contribution in [3.8, 4) is 0 Å². The maximum atomic E-state index is 10.3. The van der Waals surface area contributed by atoms with Crippen LogP contribution in [-0.2, 0) is 19.4 Å². The Morgan fingerprint density at radius 3 is 2.84 bits per heavy atom. The maximum Gasteiger partial charge on any atom is 0.0860 e. The third kappa shape index (κ3) is 3.14. The first-order valence-electron chi connectivity index (χ1n) is 6.48. The highest BCUT2D eigenvalue weighted by atomic mass is 35.5. The van der Waals surface area contributed by atoms with E-state index in [2.05, 4.69) is 17.0 Å². The molecule has 0 fully saturated rings. The van der Waals surface area contributed by atoms with Gasteiger partial charge >= 0.3 is 0 Å². The van der Waals surface area contributed by atoms with E-state index in [0.717, 1.165) is 24.4 Å². The van der Waals surface area contributed by atoms with Crippen LogP contribution in [0.25, 0.3) is 0 Å². The summed E-state index contributed by atoms with van der Waals surface area (Å²) in [5.74, 6) is 0. The number of nitrogens with zero attached hydrogens (tertiary/aromatic N) is 3. The van der Waals surface area contributed by atoms with Crippen LogP contribution >= 0.6 is 11.6 Å². The molecule has 0 saturated carbocycles. The third-order valence-electron chi connectivity index (χ3n) is 3.14. The minimum absolute atomic E-state index is 0.494. The molecule has 5 heteroatoms. The Balaban J connectivity index is 2.21. The van der Waals surface area contributed by atoms with E-state index in [-0.39, 0.29) is 0 Å². The zero-order chi connectivity index (χ0) is 13.8. The summed E-state index contributed by atoms with van der Waals surface area (Å²) in [4.78, 5) is 3.92. The highest BCUT2D eigenvalue weighted by Gasteiger charge is 2.15. The molecule has 2 rings (SSSR count). The molecule has 4 nitrogen and oxygen atoms in total. The maximum absolute atomic E-state index is 10.3.